The monoisotopic (exact) mass is 663 g/mol. The molecule has 11 nitrogen and oxygen atoms in total. The number of cyclic esters (lactones) is 1. The third-order valence-electron chi connectivity index (χ3n) is 8.33. The summed E-state index contributed by atoms with van der Waals surface area (Å²) >= 11 is 0. The number of para-hydroxylation sites is 1. The molecule has 48 heavy (non-hydrogen) atoms. The topological polar surface area (TPSA) is 148 Å². The van der Waals surface area contributed by atoms with Gasteiger partial charge in [0.25, 0.3) is 5.91 Å². The molecule has 0 aliphatic carbocycles. The maximum Gasteiger partial charge on any atom is 0.342 e. The fourth-order valence-electron chi connectivity index (χ4n) is 5.41. The van der Waals surface area contributed by atoms with Crippen molar-refractivity contribution in [2.45, 2.75) is 73.3 Å². The number of phenols is 1. The first-order valence-corrected chi connectivity index (χ1v) is 16.5. The lowest BCUT2D eigenvalue weighted by Gasteiger charge is -2.18. The molecule has 0 bridgehead atoms. The van der Waals surface area contributed by atoms with E-state index in [0.29, 0.717) is 54.3 Å². The second-order valence-corrected chi connectivity index (χ2v) is 11.6. The van der Waals surface area contributed by atoms with Gasteiger partial charge in [0.15, 0.2) is 0 Å². The van der Waals surface area contributed by atoms with Crippen LogP contribution in [0.25, 0.3) is 10.9 Å². The summed E-state index contributed by atoms with van der Waals surface area (Å²) < 4.78 is 16.1. The number of methoxy groups -OCH3 is 1. The molecule has 1 aromatic heterocycles. The van der Waals surface area contributed by atoms with Crippen LogP contribution in [-0.4, -0.2) is 77.8 Å². The Kier molecular flexibility index (Phi) is 14.7. The Balaban J connectivity index is 0.000000261. The van der Waals surface area contributed by atoms with Crippen LogP contribution < -0.4 is 14.8 Å². The number of ether oxygens (including phenoxy) is 3. The first kappa shape index (κ1) is 37.8. The number of pyridine rings is 1. The zero-order valence-electron chi connectivity index (χ0n) is 29.0. The van der Waals surface area contributed by atoms with Gasteiger partial charge < -0.3 is 34.6 Å². The normalized spacial score (nSPS) is 12.3. The highest BCUT2D eigenvalue weighted by Gasteiger charge is 2.31. The summed E-state index contributed by atoms with van der Waals surface area (Å²) in [6.45, 7) is 14.2. The van der Waals surface area contributed by atoms with Crippen LogP contribution in [0.4, 0.5) is 0 Å². The molecule has 0 radical (unpaired) electrons. The van der Waals surface area contributed by atoms with Crippen LogP contribution in [0.15, 0.2) is 42.0 Å². The van der Waals surface area contributed by atoms with Gasteiger partial charge in [-0.1, -0.05) is 57.0 Å². The zero-order chi connectivity index (χ0) is 35.2. The molecule has 260 valence electrons. The van der Waals surface area contributed by atoms with E-state index in [1.54, 1.807) is 6.07 Å². The SMILES string of the molecule is CCCCOc1cc(C(=O)NCCN(CC)CC)c2ccccc2n1.COc1c(C)c2c(c(O)c1C/C=C(\C)CCC(=O)O)C(=O)OC2. The second kappa shape index (κ2) is 18.6. The smallest absolute Gasteiger partial charge is 0.342 e. The van der Waals surface area contributed by atoms with Gasteiger partial charge in [0.05, 0.1) is 24.8 Å². The Morgan fingerprint density at radius 1 is 1.15 bits per heavy atom. The maximum absolute atomic E-state index is 12.7. The molecule has 0 atom stereocenters. The summed E-state index contributed by atoms with van der Waals surface area (Å²) in [6.07, 6.45) is 4.71. The number of carbonyl (C=O) groups is 3. The fourth-order valence-corrected chi connectivity index (χ4v) is 5.41. The van der Waals surface area contributed by atoms with Crippen molar-refractivity contribution in [1.29, 1.82) is 0 Å². The van der Waals surface area contributed by atoms with Crippen LogP contribution in [0, 0.1) is 6.92 Å². The number of likely N-dealkylation sites (N-methyl/N-ethyl adjacent to an activating group) is 1. The van der Waals surface area contributed by atoms with Gasteiger partial charge in [0.2, 0.25) is 5.88 Å². The minimum atomic E-state index is -0.853. The first-order valence-electron chi connectivity index (χ1n) is 16.5. The van der Waals surface area contributed by atoms with E-state index in [1.807, 2.05) is 44.2 Å². The second-order valence-electron chi connectivity index (χ2n) is 11.6. The number of nitrogens with one attached hydrogen (secondary N) is 1. The minimum Gasteiger partial charge on any atom is -0.507 e. The number of carboxylic acids is 1. The molecule has 3 N–H and O–H groups in total. The zero-order valence-corrected chi connectivity index (χ0v) is 29.0. The summed E-state index contributed by atoms with van der Waals surface area (Å²) in [5, 5.41) is 23.0. The molecular weight excluding hydrogens is 614 g/mol. The lowest BCUT2D eigenvalue weighted by molar-refractivity contribution is -0.136. The molecule has 1 amide bonds. The van der Waals surface area contributed by atoms with Gasteiger partial charge >= 0.3 is 11.9 Å². The van der Waals surface area contributed by atoms with E-state index in [1.165, 1.54) is 7.11 Å². The van der Waals surface area contributed by atoms with Crippen molar-refractivity contribution in [2.75, 3.05) is 39.9 Å². The molecule has 3 aromatic rings. The standard InChI is InChI=1S/C20H29N3O2.C17H20O6/c1-4-7-14-25-19-15-17(16-10-8-9-11-18(16)22-19)20(24)21-12-13-23(5-2)6-3;1-9(5-7-13(18)19)4-6-11-15(20)14-12(8-23-17(14)21)10(2)16(11)22-3/h8-11,15H,4-7,12-14H2,1-3H3,(H,21,24);4,20H,5-8H2,1-3H3,(H,18,19)/b;9-4+. The number of rotatable bonds is 16. The highest BCUT2D eigenvalue weighted by Crippen LogP contribution is 2.42. The average molecular weight is 664 g/mol. The fraction of sp³-hybridized carbons (Fsp3) is 0.459. The van der Waals surface area contributed by atoms with Crippen LogP contribution in [0.2, 0.25) is 0 Å². The number of benzene rings is 2. The number of aliphatic carboxylic acids is 1. The first-order chi connectivity index (χ1) is 23.1. The van der Waals surface area contributed by atoms with Crippen LogP contribution in [0.3, 0.4) is 0 Å². The third kappa shape index (κ3) is 9.93. The van der Waals surface area contributed by atoms with E-state index in [0.717, 1.165) is 54.5 Å². The van der Waals surface area contributed by atoms with Gasteiger partial charge in [-0.3, -0.25) is 9.59 Å². The number of amides is 1. The molecule has 0 fully saturated rings. The molecule has 2 heterocycles. The molecular formula is C37H49N3O8. The van der Waals surface area contributed by atoms with Crippen molar-refractivity contribution in [1.82, 2.24) is 15.2 Å². The van der Waals surface area contributed by atoms with Crippen molar-refractivity contribution < 1.29 is 38.8 Å². The predicted molar refractivity (Wildman–Crippen MR) is 185 cm³/mol. The van der Waals surface area contributed by atoms with Crippen LogP contribution in [0.1, 0.15) is 90.8 Å². The quantitative estimate of drug-likeness (QED) is 0.0917. The molecule has 1 aliphatic heterocycles. The summed E-state index contributed by atoms with van der Waals surface area (Å²) in [5.74, 6) is -0.536. The van der Waals surface area contributed by atoms with E-state index in [2.05, 4.69) is 36.0 Å². The van der Waals surface area contributed by atoms with Crippen molar-refractivity contribution in [3.63, 3.8) is 0 Å². The number of phenolic OH excluding ortho intramolecular Hbond substituents is 1. The number of allylic oxidation sites excluding steroid dienone is 2. The van der Waals surface area contributed by atoms with Crippen LogP contribution >= 0.6 is 0 Å². The number of unbranched alkanes of at least 4 members (excludes halogenated alkanes) is 1. The number of carboxylic acid groups (broad SMARTS) is 1. The number of hydrogen-bond donors (Lipinski definition) is 3. The summed E-state index contributed by atoms with van der Waals surface area (Å²) in [6, 6.07) is 9.44. The average Bonchev–Trinajstić information content (AvgIpc) is 3.48. The lowest BCUT2D eigenvalue weighted by atomic mass is 9.94. The number of carbonyl (C=O) groups excluding carboxylic acids is 2. The molecule has 0 saturated carbocycles. The third-order valence-corrected chi connectivity index (χ3v) is 8.33. The Bertz CT molecular complexity index is 1610. The van der Waals surface area contributed by atoms with E-state index >= 15 is 0 Å². The molecule has 0 spiro atoms. The van der Waals surface area contributed by atoms with Gasteiger partial charge in [-0.2, -0.15) is 0 Å². The Morgan fingerprint density at radius 3 is 2.54 bits per heavy atom. The Labute approximate surface area is 282 Å². The minimum absolute atomic E-state index is 0.0565. The number of fused-ring (bicyclic) bond motifs is 2. The van der Waals surface area contributed by atoms with Crippen molar-refractivity contribution in [3.05, 3.63) is 69.8 Å². The molecule has 4 rings (SSSR count). The van der Waals surface area contributed by atoms with Gasteiger partial charge in [-0.05, 0) is 57.8 Å². The van der Waals surface area contributed by atoms with Gasteiger partial charge in [-0.15, -0.1) is 0 Å². The summed E-state index contributed by atoms with van der Waals surface area (Å²) in [5.41, 5.74) is 4.45. The summed E-state index contributed by atoms with van der Waals surface area (Å²) in [4.78, 5) is 41.9. The Hall–Kier alpha value is -4.64. The van der Waals surface area contributed by atoms with E-state index < -0.39 is 11.9 Å². The number of aromatic nitrogens is 1. The molecule has 0 unspecified atom stereocenters. The summed E-state index contributed by atoms with van der Waals surface area (Å²) in [7, 11) is 1.51. The van der Waals surface area contributed by atoms with Gasteiger partial charge in [0.1, 0.15) is 23.7 Å². The lowest BCUT2D eigenvalue weighted by Crippen LogP contribution is -2.34. The number of aromatic hydroxyl groups is 1. The number of hydrogen-bond acceptors (Lipinski definition) is 9. The molecule has 1 aliphatic rings. The van der Waals surface area contributed by atoms with E-state index in [9.17, 15) is 19.5 Å². The molecule has 0 saturated heterocycles. The van der Waals surface area contributed by atoms with Crippen LogP contribution in [-0.2, 0) is 22.6 Å². The van der Waals surface area contributed by atoms with E-state index in [4.69, 9.17) is 19.3 Å². The number of nitrogens with zero attached hydrogens (tertiary/aromatic N) is 2. The maximum atomic E-state index is 12.7. The highest BCUT2D eigenvalue weighted by molar-refractivity contribution is 6.06. The highest BCUT2D eigenvalue weighted by atomic mass is 16.5. The van der Waals surface area contributed by atoms with Crippen molar-refractivity contribution >= 4 is 28.7 Å². The van der Waals surface area contributed by atoms with Crippen molar-refractivity contribution in [2.24, 2.45) is 0 Å². The largest absolute Gasteiger partial charge is 0.507 e. The van der Waals surface area contributed by atoms with Gasteiger partial charge in [0, 0.05) is 42.1 Å². The Morgan fingerprint density at radius 2 is 1.88 bits per heavy atom. The predicted octanol–water partition coefficient (Wildman–Crippen LogP) is 6.22. The van der Waals surface area contributed by atoms with Crippen LogP contribution in [0.5, 0.6) is 17.4 Å². The molecule has 11 heteroatoms. The van der Waals surface area contributed by atoms with Crippen molar-refractivity contribution in [3.8, 4) is 17.4 Å². The van der Waals surface area contributed by atoms with Gasteiger partial charge in [-0.25, -0.2) is 9.78 Å². The van der Waals surface area contributed by atoms with E-state index in [-0.39, 0.29) is 30.2 Å². The molecule has 2 aromatic carbocycles. The number of esters is 1.